The first-order valence-corrected chi connectivity index (χ1v) is 5.86. The number of carbonyl (C=O) groups is 1. The van der Waals surface area contributed by atoms with E-state index >= 15 is 0 Å². The number of nitrogens with zero attached hydrogens (tertiary/aromatic N) is 3. The van der Waals surface area contributed by atoms with Gasteiger partial charge in [-0.2, -0.15) is 13.2 Å². The maximum Gasteiger partial charge on any atom is 0.419 e. The number of halogens is 3. The summed E-state index contributed by atoms with van der Waals surface area (Å²) < 4.78 is 37.2. The van der Waals surface area contributed by atoms with Gasteiger partial charge in [-0.15, -0.1) is 0 Å². The van der Waals surface area contributed by atoms with Crippen molar-refractivity contribution in [3.05, 3.63) is 29.7 Å². The van der Waals surface area contributed by atoms with Crippen molar-refractivity contribution in [2.24, 2.45) is 5.92 Å². The van der Waals surface area contributed by atoms with Gasteiger partial charge in [0.05, 0.1) is 11.5 Å². The van der Waals surface area contributed by atoms with Crippen LogP contribution < -0.4 is 4.90 Å². The lowest BCUT2D eigenvalue weighted by Crippen LogP contribution is -2.31. The number of aromatic nitrogens is 2. The number of carboxylic acid groups (broad SMARTS) is 1. The highest BCUT2D eigenvalue weighted by atomic mass is 19.4. The van der Waals surface area contributed by atoms with Gasteiger partial charge < -0.3 is 10.0 Å². The molecule has 5 nitrogen and oxygen atoms in total. The molecule has 0 spiro atoms. The van der Waals surface area contributed by atoms with Crippen LogP contribution >= 0.6 is 0 Å². The zero-order valence-corrected chi connectivity index (χ0v) is 10.6. The molecule has 1 aliphatic rings. The fraction of sp³-hybridized carbons (Fsp3) is 0.417. The van der Waals surface area contributed by atoms with Crippen LogP contribution in [0, 0.1) is 5.92 Å². The average molecular weight is 287 g/mol. The van der Waals surface area contributed by atoms with Gasteiger partial charge in [0.1, 0.15) is 0 Å². The molecule has 1 N–H and O–H groups in total. The minimum absolute atomic E-state index is 0.126. The van der Waals surface area contributed by atoms with Crippen LogP contribution in [0.1, 0.15) is 18.9 Å². The minimum atomic E-state index is -4.47. The highest BCUT2D eigenvalue weighted by Gasteiger charge is 2.32. The second-order valence-corrected chi connectivity index (χ2v) is 4.52. The third kappa shape index (κ3) is 2.89. The molecule has 1 aromatic heterocycles. The summed E-state index contributed by atoms with van der Waals surface area (Å²) in [6.45, 7) is 2.01. The molecule has 1 aromatic rings. The number of alkyl halides is 3. The van der Waals surface area contributed by atoms with E-state index < -0.39 is 23.6 Å². The van der Waals surface area contributed by atoms with Crippen LogP contribution in [-0.2, 0) is 11.0 Å². The maximum absolute atomic E-state index is 12.4. The van der Waals surface area contributed by atoms with Crippen LogP contribution in [0.4, 0.5) is 19.1 Å². The normalized spacial score (nSPS) is 19.7. The molecule has 2 heterocycles. The van der Waals surface area contributed by atoms with E-state index in [1.54, 1.807) is 18.0 Å². The highest BCUT2D eigenvalue weighted by molar-refractivity contribution is 5.74. The van der Waals surface area contributed by atoms with Crippen molar-refractivity contribution in [2.45, 2.75) is 19.5 Å². The zero-order valence-electron chi connectivity index (χ0n) is 10.6. The third-order valence-corrected chi connectivity index (χ3v) is 3.09. The summed E-state index contributed by atoms with van der Waals surface area (Å²) in [7, 11) is 0. The fourth-order valence-electron chi connectivity index (χ4n) is 1.99. The van der Waals surface area contributed by atoms with Crippen molar-refractivity contribution < 1.29 is 23.1 Å². The largest absolute Gasteiger partial charge is 0.481 e. The molecular weight excluding hydrogens is 275 g/mol. The first-order chi connectivity index (χ1) is 9.29. The summed E-state index contributed by atoms with van der Waals surface area (Å²) >= 11 is 0. The van der Waals surface area contributed by atoms with Crippen molar-refractivity contribution in [3.8, 4) is 0 Å². The van der Waals surface area contributed by atoms with Crippen molar-refractivity contribution in [1.29, 1.82) is 0 Å². The molecule has 20 heavy (non-hydrogen) atoms. The van der Waals surface area contributed by atoms with Crippen LogP contribution in [0.15, 0.2) is 24.2 Å². The lowest BCUT2D eigenvalue weighted by molar-refractivity contribution is -0.140. The molecule has 2 rings (SSSR count). The lowest BCUT2D eigenvalue weighted by atomic mass is 9.95. The Morgan fingerprint density at radius 1 is 1.40 bits per heavy atom. The predicted octanol–water partition coefficient (Wildman–Crippen LogP) is 2.31. The number of rotatable bonds is 2. The van der Waals surface area contributed by atoms with Gasteiger partial charge in [-0.1, -0.05) is 0 Å². The van der Waals surface area contributed by atoms with Gasteiger partial charge in [-0.25, -0.2) is 9.97 Å². The number of anilines is 1. The van der Waals surface area contributed by atoms with Crippen molar-refractivity contribution in [1.82, 2.24) is 9.97 Å². The number of hydrogen-bond acceptors (Lipinski definition) is 4. The molecule has 1 unspecified atom stereocenters. The van der Waals surface area contributed by atoms with Crippen molar-refractivity contribution in [2.75, 3.05) is 11.4 Å². The smallest absolute Gasteiger partial charge is 0.419 e. The molecule has 0 fully saturated rings. The van der Waals surface area contributed by atoms with Gasteiger partial charge in [0, 0.05) is 25.1 Å². The zero-order chi connectivity index (χ0) is 14.9. The van der Waals surface area contributed by atoms with Gasteiger partial charge in [0.25, 0.3) is 0 Å². The summed E-state index contributed by atoms with van der Waals surface area (Å²) in [6.07, 6.45) is -1.11. The molecule has 1 atom stereocenters. The third-order valence-electron chi connectivity index (χ3n) is 3.09. The second kappa shape index (κ2) is 5.10. The Kier molecular flexibility index (Phi) is 3.65. The predicted molar refractivity (Wildman–Crippen MR) is 63.9 cm³/mol. The Morgan fingerprint density at radius 3 is 2.45 bits per heavy atom. The average Bonchev–Trinajstić information content (AvgIpc) is 2.37. The fourth-order valence-corrected chi connectivity index (χ4v) is 1.99. The Bertz CT molecular complexity index is 540. The van der Waals surface area contributed by atoms with Crippen LogP contribution in [-0.4, -0.2) is 27.6 Å². The molecule has 0 aliphatic carbocycles. The SMILES string of the molecule is CC1=CN(c2ncc(C(F)(F)F)cn2)CCC1C(=O)O. The number of hydrogen-bond donors (Lipinski definition) is 1. The Balaban J connectivity index is 2.20. The van der Waals surface area contributed by atoms with Gasteiger partial charge in [0.15, 0.2) is 0 Å². The molecule has 8 heteroatoms. The second-order valence-electron chi connectivity index (χ2n) is 4.52. The molecule has 0 bridgehead atoms. The van der Waals surface area contributed by atoms with Gasteiger partial charge in [0.2, 0.25) is 5.95 Å². The van der Waals surface area contributed by atoms with E-state index in [-0.39, 0.29) is 5.95 Å². The Morgan fingerprint density at radius 2 is 2.00 bits per heavy atom. The number of aliphatic carboxylic acids is 1. The quantitative estimate of drug-likeness (QED) is 0.904. The van der Waals surface area contributed by atoms with Crippen LogP contribution in [0.3, 0.4) is 0 Å². The molecule has 108 valence electrons. The maximum atomic E-state index is 12.4. The van der Waals surface area contributed by atoms with Gasteiger partial charge in [-0.05, 0) is 18.9 Å². The van der Waals surface area contributed by atoms with Crippen molar-refractivity contribution in [3.63, 3.8) is 0 Å². The monoisotopic (exact) mass is 287 g/mol. The Hall–Kier alpha value is -2.12. The summed E-state index contributed by atoms with van der Waals surface area (Å²) in [4.78, 5) is 19.8. The molecule has 0 radical (unpaired) electrons. The standard InChI is InChI=1S/C12H12F3N3O2/c1-7-6-18(3-2-9(7)10(19)20)11-16-4-8(5-17-11)12(13,14)15/h4-6,9H,2-3H2,1H3,(H,19,20). The first-order valence-electron chi connectivity index (χ1n) is 5.86. The van der Waals surface area contributed by atoms with E-state index in [1.807, 2.05) is 0 Å². The van der Waals surface area contributed by atoms with E-state index in [4.69, 9.17) is 5.11 Å². The van der Waals surface area contributed by atoms with E-state index in [0.717, 1.165) is 12.4 Å². The molecule has 1 aliphatic heterocycles. The molecule has 0 aromatic carbocycles. The molecule has 0 saturated heterocycles. The van der Waals surface area contributed by atoms with Gasteiger partial charge in [-0.3, -0.25) is 4.79 Å². The van der Waals surface area contributed by atoms with Gasteiger partial charge >= 0.3 is 12.1 Å². The molecule has 0 saturated carbocycles. The minimum Gasteiger partial charge on any atom is -0.481 e. The first kappa shape index (κ1) is 14.3. The topological polar surface area (TPSA) is 66.3 Å². The lowest BCUT2D eigenvalue weighted by Gasteiger charge is -2.27. The molecular formula is C12H12F3N3O2. The summed E-state index contributed by atoms with van der Waals surface area (Å²) in [5, 5.41) is 8.98. The van der Waals surface area contributed by atoms with Crippen LogP contribution in [0.2, 0.25) is 0 Å². The van der Waals surface area contributed by atoms with E-state index in [0.29, 0.717) is 18.5 Å². The molecule has 0 amide bonds. The van der Waals surface area contributed by atoms with Crippen LogP contribution in [0.25, 0.3) is 0 Å². The van der Waals surface area contributed by atoms with E-state index in [2.05, 4.69) is 9.97 Å². The summed E-state index contributed by atoms with van der Waals surface area (Å²) in [5.41, 5.74) is -0.297. The van der Waals surface area contributed by atoms with Crippen molar-refractivity contribution >= 4 is 11.9 Å². The summed E-state index contributed by atoms with van der Waals surface area (Å²) in [5.74, 6) is -1.35. The highest BCUT2D eigenvalue weighted by Crippen LogP contribution is 2.29. The van der Waals surface area contributed by atoms with E-state index in [1.165, 1.54) is 0 Å². The summed E-state index contributed by atoms with van der Waals surface area (Å²) in [6, 6.07) is 0. The number of carboxylic acids is 1. The van der Waals surface area contributed by atoms with E-state index in [9.17, 15) is 18.0 Å². The Labute approximate surface area is 112 Å². The van der Waals surface area contributed by atoms with Crippen LogP contribution in [0.5, 0.6) is 0 Å².